The number of rotatable bonds is 0. The highest BCUT2D eigenvalue weighted by Crippen LogP contribution is 2.52. The smallest absolute Gasteiger partial charge is 0.141 e. The summed E-state index contributed by atoms with van der Waals surface area (Å²) >= 11 is 0. The van der Waals surface area contributed by atoms with Crippen LogP contribution in [0.2, 0.25) is 0 Å². The number of hydrogen-bond donors (Lipinski definition) is 0. The quantitative estimate of drug-likeness (QED) is 0.617. The van der Waals surface area contributed by atoms with E-state index in [-0.39, 0.29) is 23.9 Å². The van der Waals surface area contributed by atoms with Gasteiger partial charge in [-0.25, -0.2) is 0 Å². The van der Waals surface area contributed by atoms with Crippen LogP contribution < -0.4 is 4.74 Å². The fraction of sp³-hybridized carbons (Fsp3) is 0.357. The van der Waals surface area contributed by atoms with Crippen LogP contribution in [0.25, 0.3) is 0 Å². The predicted molar refractivity (Wildman–Crippen MR) is 59.3 cm³/mol. The SMILES string of the molecule is O=C1C[C@H]2C=C[C@@H]1[C@@H]1c3ccccc3O[C@@H]12. The molecule has 0 aromatic heterocycles. The Kier molecular flexibility index (Phi) is 1.48. The average Bonchev–Trinajstić information content (AvgIpc) is 2.70. The molecule has 2 heteroatoms. The molecule has 5 rings (SSSR count). The van der Waals surface area contributed by atoms with Gasteiger partial charge in [0.2, 0.25) is 0 Å². The Bertz CT molecular complexity index is 503. The fourth-order valence-electron chi connectivity index (χ4n) is 3.36. The van der Waals surface area contributed by atoms with Gasteiger partial charge < -0.3 is 4.74 Å². The number of fused-ring (bicyclic) bond motifs is 2. The molecule has 2 bridgehead atoms. The van der Waals surface area contributed by atoms with Gasteiger partial charge in [-0.05, 0) is 6.07 Å². The second-order valence-electron chi connectivity index (χ2n) is 4.89. The number of ether oxygens (including phenoxy) is 1. The largest absolute Gasteiger partial charge is 0.489 e. The Hall–Kier alpha value is -1.57. The lowest BCUT2D eigenvalue weighted by molar-refractivity contribution is -0.127. The van der Waals surface area contributed by atoms with Gasteiger partial charge in [0.15, 0.2) is 0 Å². The molecular weight excluding hydrogens is 200 g/mol. The molecule has 0 radical (unpaired) electrons. The van der Waals surface area contributed by atoms with Crippen molar-refractivity contribution in [3.05, 3.63) is 42.0 Å². The zero-order chi connectivity index (χ0) is 10.7. The van der Waals surface area contributed by atoms with E-state index in [4.69, 9.17) is 4.74 Å². The maximum Gasteiger partial charge on any atom is 0.141 e. The van der Waals surface area contributed by atoms with Crippen LogP contribution in [-0.4, -0.2) is 11.9 Å². The summed E-state index contributed by atoms with van der Waals surface area (Å²) < 4.78 is 5.99. The average molecular weight is 212 g/mol. The lowest BCUT2D eigenvalue weighted by Crippen LogP contribution is -2.44. The molecule has 80 valence electrons. The van der Waals surface area contributed by atoms with Crippen molar-refractivity contribution < 1.29 is 9.53 Å². The van der Waals surface area contributed by atoms with Gasteiger partial charge in [-0.15, -0.1) is 0 Å². The summed E-state index contributed by atoms with van der Waals surface area (Å²) in [6, 6.07) is 8.13. The standard InChI is InChI=1S/C14H12O2/c15-11-7-8-5-6-9(11)13-10-3-1-2-4-12(10)16-14(8)13/h1-6,8-9,13-14H,7H2/t8-,9+,13-,14-/m1/s1. The molecule has 1 aromatic rings. The topological polar surface area (TPSA) is 26.3 Å². The summed E-state index contributed by atoms with van der Waals surface area (Å²) in [5.74, 6) is 1.97. The van der Waals surface area contributed by atoms with Crippen molar-refractivity contribution in [3.63, 3.8) is 0 Å². The highest BCUT2D eigenvalue weighted by Gasteiger charge is 2.51. The summed E-state index contributed by atoms with van der Waals surface area (Å²) in [5.41, 5.74) is 1.22. The predicted octanol–water partition coefficient (Wildman–Crippen LogP) is 2.31. The Morgan fingerprint density at radius 3 is 2.94 bits per heavy atom. The minimum absolute atomic E-state index is 0.0543. The van der Waals surface area contributed by atoms with Crippen LogP contribution >= 0.6 is 0 Å². The van der Waals surface area contributed by atoms with Crippen molar-refractivity contribution in [2.45, 2.75) is 18.4 Å². The lowest BCUT2D eigenvalue weighted by atomic mass is 9.65. The van der Waals surface area contributed by atoms with Crippen molar-refractivity contribution in [1.82, 2.24) is 0 Å². The van der Waals surface area contributed by atoms with Gasteiger partial charge in [-0.1, -0.05) is 30.4 Å². The maximum absolute atomic E-state index is 11.9. The van der Waals surface area contributed by atoms with E-state index in [1.807, 2.05) is 18.2 Å². The van der Waals surface area contributed by atoms with Crippen molar-refractivity contribution in [2.24, 2.45) is 11.8 Å². The van der Waals surface area contributed by atoms with Crippen LogP contribution in [0.1, 0.15) is 17.9 Å². The van der Waals surface area contributed by atoms with Crippen molar-refractivity contribution in [1.29, 1.82) is 0 Å². The van der Waals surface area contributed by atoms with Gasteiger partial charge in [0, 0.05) is 29.7 Å². The molecule has 1 saturated carbocycles. The molecule has 1 fully saturated rings. The Morgan fingerprint density at radius 1 is 1.19 bits per heavy atom. The van der Waals surface area contributed by atoms with Gasteiger partial charge in [0.25, 0.3) is 0 Å². The first kappa shape index (κ1) is 8.57. The second kappa shape index (κ2) is 2.76. The van der Waals surface area contributed by atoms with E-state index in [1.165, 1.54) is 5.56 Å². The highest BCUT2D eigenvalue weighted by molar-refractivity contribution is 5.87. The third-order valence-corrected chi connectivity index (χ3v) is 4.08. The fourth-order valence-corrected chi connectivity index (χ4v) is 3.36. The third-order valence-electron chi connectivity index (χ3n) is 4.08. The molecule has 1 aliphatic heterocycles. The van der Waals surface area contributed by atoms with Crippen molar-refractivity contribution in [3.8, 4) is 5.75 Å². The first-order valence-electron chi connectivity index (χ1n) is 5.81. The van der Waals surface area contributed by atoms with E-state index in [9.17, 15) is 4.79 Å². The number of carbonyl (C=O) groups is 1. The van der Waals surface area contributed by atoms with Crippen LogP contribution in [0.3, 0.4) is 0 Å². The monoisotopic (exact) mass is 212 g/mol. The number of hydrogen-bond acceptors (Lipinski definition) is 2. The Morgan fingerprint density at radius 2 is 2.06 bits per heavy atom. The number of ketones is 1. The molecular formula is C14H12O2. The number of carbonyl (C=O) groups excluding carboxylic acids is 1. The molecule has 0 N–H and O–H groups in total. The lowest BCUT2D eigenvalue weighted by Gasteiger charge is -2.39. The van der Waals surface area contributed by atoms with E-state index in [0.717, 1.165) is 5.75 Å². The van der Waals surface area contributed by atoms with Crippen LogP contribution in [0, 0.1) is 11.8 Å². The molecule has 4 atom stereocenters. The van der Waals surface area contributed by atoms with Crippen LogP contribution in [0.15, 0.2) is 36.4 Å². The van der Waals surface area contributed by atoms with E-state index in [2.05, 4.69) is 18.2 Å². The molecule has 4 aliphatic rings. The maximum atomic E-state index is 11.9. The highest BCUT2D eigenvalue weighted by atomic mass is 16.5. The normalized spacial score (nSPS) is 38.1. The summed E-state index contributed by atoms with van der Waals surface area (Å²) in [6.45, 7) is 0. The number of benzene rings is 1. The molecule has 0 spiro atoms. The van der Waals surface area contributed by atoms with Gasteiger partial charge in [0.05, 0.1) is 0 Å². The molecule has 1 heterocycles. The summed E-state index contributed by atoms with van der Waals surface area (Å²) in [6.07, 6.45) is 5.11. The molecule has 0 unspecified atom stereocenters. The molecule has 0 saturated heterocycles. The Labute approximate surface area is 93.9 Å². The molecule has 2 nitrogen and oxygen atoms in total. The molecule has 1 aromatic carbocycles. The van der Waals surface area contributed by atoms with Crippen LogP contribution in [-0.2, 0) is 4.79 Å². The van der Waals surface area contributed by atoms with Gasteiger partial charge in [0.1, 0.15) is 17.6 Å². The zero-order valence-corrected chi connectivity index (χ0v) is 8.80. The summed E-state index contributed by atoms with van der Waals surface area (Å²) in [4.78, 5) is 11.9. The molecule has 16 heavy (non-hydrogen) atoms. The zero-order valence-electron chi connectivity index (χ0n) is 8.80. The van der Waals surface area contributed by atoms with Crippen LogP contribution in [0.4, 0.5) is 0 Å². The minimum atomic E-state index is 0.0543. The van der Waals surface area contributed by atoms with E-state index in [1.54, 1.807) is 0 Å². The Balaban J connectivity index is 1.89. The van der Waals surface area contributed by atoms with E-state index in [0.29, 0.717) is 12.2 Å². The van der Waals surface area contributed by atoms with Crippen molar-refractivity contribution in [2.75, 3.05) is 0 Å². The summed E-state index contributed by atoms with van der Waals surface area (Å²) in [7, 11) is 0. The minimum Gasteiger partial charge on any atom is -0.489 e. The second-order valence-corrected chi connectivity index (χ2v) is 4.89. The third kappa shape index (κ3) is 0.902. The van der Waals surface area contributed by atoms with Crippen LogP contribution in [0.5, 0.6) is 5.75 Å². The summed E-state index contributed by atoms with van der Waals surface area (Å²) in [5, 5.41) is 0. The van der Waals surface area contributed by atoms with Gasteiger partial charge in [-0.3, -0.25) is 4.79 Å². The first-order valence-corrected chi connectivity index (χ1v) is 5.81. The molecule has 0 amide bonds. The van der Waals surface area contributed by atoms with Gasteiger partial charge >= 0.3 is 0 Å². The molecule has 3 aliphatic carbocycles. The number of para-hydroxylation sites is 1. The number of Topliss-reactive ketones (excluding diaryl/α,β-unsaturated/α-hetero) is 1. The number of allylic oxidation sites excluding steroid dienone is 1. The first-order chi connectivity index (χ1) is 7.84. The van der Waals surface area contributed by atoms with E-state index < -0.39 is 0 Å². The van der Waals surface area contributed by atoms with E-state index >= 15 is 0 Å². The van der Waals surface area contributed by atoms with Gasteiger partial charge in [-0.2, -0.15) is 0 Å². The van der Waals surface area contributed by atoms with Crippen molar-refractivity contribution >= 4 is 5.78 Å².